The van der Waals surface area contributed by atoms with Crippen molar-refractivity contribution in [1.82, 2.24) is 0 Å². The molecule has 0 atom stereocenters. The van der Waals surface area contributed by atoms with E-state index in [9.17, 15) is 9.18 Å². The minimum Gasteiger partial charge on any atom is -0.320 e. The lowest BCUT2D eigenvalue weighted by atomic mass is 10.2. The van der Waals surface area contributed by atoms with Gasteiger partial charge in [-0.1, -0.05) is 39.1 Å². The van der Waals surface area contributed by atoms with E-state index >= 15 is 0 Å². The molecule has 2 nitrogen and oxygen atoms in total. The molecule has 1 amide bonds. The van der Waals surface area contributed by atoms with Gasteiger partial charge in [0.2, 0.25) is 0 Å². The van der Waals surface area contributed by atoms with E-state index in [4.69, 9.17) is 23.2 Å². The molecule has 1 N–H and O–H groups in total. The fraction of sp³-hybridized carbons (Fsp3) is 0. The molecule has 0 unspecified atom stereocenters. The lowest BCUT2D eigenvalue weighted by Gasteiger charge is -2.10. The lowest BCUT2D eigenvalue weighted by Crippen LogP contribution is -2.14. The van der Waals surface area contributed by atoms with Gasteiger partial charge < -0.3 is 5.32 Å². The van der Waals surface area contributed by atoms with Crippen LogP contribution in [0.25, 0.3) is 0 Å². The Labute approximate surface area is 141 Å². The van der Waals surface area contributed by atoms with Crippen LogP contribution in [0.4, 0.5) is 10.1 Å². The zero-order valence-corrected chi connectivity index (χ0v) is 14.4. The summed E-state index contributed by atoms with van der Waals surface area (Å²) < 4.78 is 14.9. The van der Waals surface area contributed by atoms with Crippen molar-refractivity contribution in [1.29, 1.82) is 0 Å². The van der Waals surface area contributed by atoms with Crippen LogP contribution in [-0.2, 0) is 0 Å². The van der Waals surface area contributed by atoms with Gasteiger partial charge in [0, 0.05) is 8.95 Å². The highest BCUT2D eigenvalue weighted by atomic mass is 79.9. The van der Waals surface area contributed by atoms with Gasteiger partial charge in [0.1, 0.15) is 5.82 Å². The minimum absolute atomic E-state index is 0.0803. The summed E-state index contributed by atoms with van der Waals surface area (Å²) in [5.74, 6) is -1.23. The van der Waals surface area contributed by atoms with Gasteiger partial charge in [-0.3, -0.25) is 4.79 Å². The number of rotatable bonds is 2. The second-order valence-electron chi connectivity index (χ2n) is 3.80. The first kappa shape index (κ1) is 15.8. The van der Waals surface area contributed by atoms with Crippen molar-refractivity contribution < 1.29 is 9.18 Å². The monoisotopic (exact) mass is 439 g/mol. The predicted molar refractivity (Wildman–Crippen MR) is 86.2 cm³/mol. The topological polar surface area (TPSA) is 29.1 Å². The van der Waals surface area contributed by atoms with E-state index in [1.54, 1.807) is 18.2 Å². The Bertz CT molecular complexity index is 694. The Kier molecular flexibility index (Phi) is 5.07. The highest BCUT2D eigenvalue weighted by Crippen LogP contribution is 2.36. The second-order valence-corrected chi connectivity index (χ2v) is 6.33. The third-order valence-electron chi connectivity index (χ3n) is 2.46. The van der Waals surface area contributed by atoms with Gasteiger partial charge in [-0.2, -0.15) is 0 Å². The summed E-state index contributed by atoms with van der Waals surface area (Å²) >= 11 is 18.3. The van der Waals surface area contributed by atoms with Gasteiger partial charge in [0.05, 0.1) is 21.3 Å². The Balaban J connectivity index is 2.30. The van der Waals surface area contributed by atoms with Crippen LogP contribution in [-0.4, -0.2) is 5.91 Å². The van der Waals surface area contributed by atoms with Crippen molar-refractivity contribution in [3.63, 3.8) is 0 Å². The minimum atomic E-state index is -0.629. The fourth-order valence-electron chi connectivity index (χ4n) is 1.49. The van der Waals surface area contributed by atoms with E-state index in [-0.39, 0.29) is 15.6 Å². The molecule has 20 heavy (non-hydrogen) atoms. The van der Waals surface area contributed by atoms with Crippen LogP contribution in [0, 0.1) is 5.82 Å². The molecule has 0 fully saturated rings. The zero-order valence-electron chi connectivity index (χ0n) is 9.68. The van der Waals surface area contributed by atoms with Crippen molar-refractivity contribution in [2.24, 2.45) is 0 Å². The van der Waals surface area contributed by atoms with Crippen LogP contribution in [0.2, 0.25) is 10.0 Å². The number of nitrogens with one attached hydrogen (secondary N) is 1. The zero-order chi connectivity index (χ0) is 14.9. The molecule has 0 aliphatic carbocycles. The number of halogens is 5. The van der Waals surface area contributed by atoms with Crippen molar-refractivity contribution in [2.75, 3.05) is 5.32 Å². The molecule has 0 aliphatic rings. The molecule has 2 rings (SSSR count). The number of carbonyl (C=O) groups is 1. The first-order valence-electron chi connectivity index (χ1n) is 5.30. The Morgan fingerprint density at radius 2 is 1.80 bits per heavy atom. The third kappa shape index (κ3) is 3.34. The summed E-state index contributed by atoms with van der Waals surface area (Å²) in [6, 6.07) is 7.39. The van der Waals surface area contributed by atoms with Crippen LogP contribution in [0.1, 0.15) is 10.4 Å². The molecule has 0 saturated heterocycles. The average Bonchev–Trinajstić information content (AvgIpc) is 2.39. The number of hydrogen-bond donors (Lipinski definition) is 1. The second kappa shape index (κ2) is 6.43. The smallest absolute Gasteiger partial charge is 0.258 e. The van der Waals surface area contributed by atoms with Gasteiger partial charge in [-0.05, 0) is 46.3 Å². The van der Waals surface area contributed by atoms with Gasteiger partial charge in [0.25, 0.3) is 5.91 Å². The van der Waals surface area contributed by atoms with E-state index in [1.165, 1.54) is 12.1 Å². The average molecular weight is 442 g/mol. The molecule has 104 valence electrons. The van der Waals surface area contributed by atoms with Crippen LogP contribution < -0.4 is 5.32 Å². The SMILES string of the molecule is O=C(Nc1ccc(Br)c(Cl)c1Cl)c1ccc(Br)cc1F. The molecule has 7 heteroatoms. The quantitative estimate of drug-likeness (QED) is 0.577. The Hall–Kier alpha value is -0.620. The number of amides is 1. The number of carbonyl (C=O) groups excluding carboxylic acids is 1. The molecule has 0 bridgehead atoms. The van der Waals surface area contributed by atoms with Crippen molar-refractivity contribution in [2.45, 2.75) is 0 Å². The molecule has 0 saturated carbocycles. The maximum atomic E-state index is 13.7. The highest BCUT2D eigenvalue weighted by molar-refractivity contribution is 9.10. The molecule has 0 heterocycles. The molecule has 2 aromatic rings. The normalized spacial score (nSPS) is 10.4. The van der Waals surface area contributed by atoms with E-state index in [0.29, 0.717) is 14.6 Å². The lowest BCUT2D eigenvalue weighted by molar-refractivity contribution is 0.102. The van der Waals surface area contributed by atoms with Gasteiger partial charge in [-0.15, -0.1) is 0 Å². The Morgan fingerprint density at radius 3 is 2.45 bits per heavy atom. The summed E-state index contributed by atoms with van der Waals surface area (Å²) in [5.41, 5.74) is 0.232. The van der Waals surface area contributed by atoms with Crippen molar-refractivity contribution >= 4 is 66.7 Å². The molecular formula is C13H6Br2Cl2FNO. The number of hydrogen-bond acceptors (Lipinski definition) is 1. The van der Waals surface area contributed by atoms with Gasteiger partial charge in [-0.25, -0.2) is 4.39 Å². The summed E-state index contributed by atoms with van der Waals surface area (Å²) in [4.78, 5) is 12.0. The third-order valence-corrected chi connectivity index (χ3v) is 4.72. The maximum Gasteiger partial charge on any atom is 0.258 e. The first-order valence-corrected chi connectivity index (χ1v) is 7.64. The summed E-state index contributed by atoms with van der Waals surface area (Å²) in [6.45, 7) is 0. The molecular weight excluding hydrogens is 436 g/mol. The summed E-state index contributed by atoms with van der Waals surface area (Å²) in [5, 5.41) is 2.99. The number of anilines is 1. The van der Waals surface area contributed by atoms with Gasteiger partial charge >= 0.3 is 0 Å². The van der Waals surface area contributed by atoms with Crippen molar-refractivity contribution in [3.05, 3.63) is 60.7 Å². The van der Waals surface area contributed by atoms with E-state index in [0.717, 1.165) is 0 Å². The van der Waals surface area contributed by atoms with Crippen LogP contribution in [0.5, 0.6) is 0 Å². The Morgan fingerprint density at radius 1 is 1.10 bits per heavy atom. The molecule has 0 aromatic heterocycles. The molecule has 0 radical (unpaired) electrons. The van der Waals surface area contributed by atoms with E-state index in [1.807, 2.05) is 0 Å². The molecule has 0 spiro atoms. The number of benzene rings is 2. The van der Waals surface area contributed by atoms with Crippen LogP contribution in [0.3, 0.4) is 0 Å². The highest BCUT2D eigenvalue weighted by Gasteiger charge is 2.15. The van der Waals surface area contributed by atoms with Crippen LogP contribution in [0.15, 0.2) is 39.3 Å². The maximum absolute atomic E-state index is 13.7. The van der Waals surface area contributed by atoms with Crippen molar-refractivity contribution in [3.8, 4) is 0 Å². The van der Waals surface area contributed by atoms with E-state index in [2.05, 4.69) is 37.2 Å². The summed E-state index contributed by atoms with van der Waals surface area (Å²) in [6.07, 6.45) is 0. The predicted octanol–water partition coefficient (Wildman–Crippen LogP) is 5.91. The fourth-order valence-corrected chi connectivity index (χ4v) is 2.64. The largest absolute Gasteiger partial charge is 0.320 e. The molecule has 2 aromatic carbocycles. The standard InChI is InChI=1S/C13H6Br2Cl2FNO/c14-6-1-2-7(9(18)5-6)13(20)19-10-4-3-8(15)11(16)12(10)17/h1-5H,(H,19,20). The summed E-state index contributed by atoms with van der Waals surface area (Å²) in [7, 11) is 0. The van der Waals surface area contributed by atoms with Crippen LogP contribution >= 0.6 is 55.1 Å². The first-order chi connectivity index (χ1) is 9.40. The van der Waals surface area contributed by atoms with Gasteiger partial charge in [0.15, 0.2) is 0 Å². The van der Waals surface area contributed by atoms with E-state index < -0.39 is 11.7 Å². The molecule has 0 aliphatic heterocycles.